The number of benzene rings is 1. The lowest BCUT2D eigenvalue weighted by atomic mass is 10.0. The Kier molecular flexibility index (Phi) is 2.53. The number of rotatable bonds is 3. The molecular weight excluding hydrogens is 210 g/mol. The number of likely N-dealkylation sites (tertiary alicyclic amines) is 1. The standard InChI is InChI=1S/C15H21NO/c1-15(2)12-9-16(13(10-17)14(12)15)8-11-6-4-3-5-7-11/h3-7,12-14,17H,8-10H2,1-2H3/t12?,13-,14+/m1/s1. The third-order valence-electron chi connectivity index (χ3n) is 4.87. The largest absolute Gasteiger partial charge is 0.395 e. The highest BCUT2D eigenvalue weighted by atomic mass is 16.3. The number of nitrogens with zero attached hydrogens (tertiary/aromatic N) is 1. The molecule has 0 amide bonds. The van der Waals surface area contributed by atoms with Gasteiger partial charge in [-0.2, -0.15) is 0 Å². The Hall–Kier alpha value is -0.860. The first kappa shape index (κ1) is 11.2. The molecule has 1 aliphatic heterocycles. The summed E-state index contributed by atoms with van der Waals surface area (Å²) in [5.74, 6) is 1.50. The van der Waals surface area contributed by atoms with Gasteiger partial charge in [0.15, 0.2) is 0 Å². The Bertz CT molecular complexity index is 401. The second-order valence-electron chi connectivity index (χ2n) is 6.12. The first-order chi connectivity index (χ1) is 8.14. The van der Waals surface area contributed by atoms with E-state index in [0.717, 1.165) is 19.0 Å². The molecule has 0 radical (unpaired) electrons. The molecule has 0 aromatic heterocycles. The molecule has 3 rings (SSSR count). The van der Waals surface area contributed by atoms with Crippen molar-refractivity contribution in [3.63, 3.8) is 0 Å². The number of hydrogen-bond donors (Lipinski definition) is 1. The van der Waals surface area contributed by atoms with Crippen molar-refractivity contribution in [2.24, 2.45) is 17.3 Å². The van der Waals surface area contributed by atoms with Crippen LogP contribution < -0.4 is 0 Å². The van der Waals surface area contributed by atoms with Crippen molar-refractivity contribution < 1.29 is 5.11 Å². The highest BCUT2D eigenvalue weighted by Gasteiger charge is 2.66. The molecule has 0 bridgehead atoms. The Labute approximate surface area is 103 Å². The molecule has 2 nitrogen and oxygen atoms in total. The van der Waals surface area contributed by atoms with Crippen molar-refractivity contribution in [2.75, 3.05) is 13.2 Å². The van der Waals surface area contributed by atoms with Gasteiger partial charge in [0.25, 0.3) is 0 Å². The first-order valence-electron chi connectivity index (χ1n) is 6.53. The normalized spacial score (nSPS) is 34.6. The zero-order chi connectivity index (χ0) is 12.0. The van der Waals surface area contributed by atoms with Crippen molar-refractivity contribution in [1.29, 1.82) is 0 Å². The number of fused-ring (bicyclic) bond motifs is 1. The predicted molar refractivity (Wildman–Crippen MR) is 68.5 cm³/mol. The lowest BCUT2D eigenvalue weighted by molar-refractivity contribution is 0.110. The maximum Gasteiger partial charge on any atom is 0.0590 e. The molecular formula is C15H21NO. The summed E-state index contributed by atoms with van der Waals surface area (Å²) in [5.41, 5.74) is 1.81. The van der Waals surface area contributed by atoms with Crippen LogP contribution in [-0.4, -0.2) is 29.2 Å². The maximum absolute atomic E-state index is 9.60. The van der Waals surface area contributed by atoms with Crippen molar-refractivity contribution in [1.82, 2.24) is 4.90 Å². The Morgan fingerprint density at radius 3 is 2.65 bits per heavy atom. The van der Waals surface area contributed by atoms with Gasteiger partial charge >= 0.3 is 0 Å². The smallest absolute Gasteiger partial charge is 0.0590 e. The summed E-state index contributed by atoms with van der Waals surface area (Å²) in [5, 5.41) is 9.60. The fourth-order valence-corrected chi connectivity index (χ4v) is 3.74. The maximum atomic E-state index is 9.60. The van der Waals surface area contributed by atoms with Gasteiger partial charge in [0, 0.05) is 19.1 Å². The molecule has 1 saturated heterocycles. The fourth-order valence-electron chi connectivity index (χ4n) is 3.74. The molecule has 2 aliphatic rings. The van der Waals surface area contributed by atoms with E-state index in [1.165, 1.54) is 5.56 Å². The first-order valence-corrected chi connectivity index (χ1v) is 6.53. The molecule has 1 aromatic rings. The minimum Gasteiger partial charge on any atom is -0.395 e. The van der Waals surface area contributed by atoms with E-state index < -0.39 is 0 Å². The van der Waals surface area contributed by atoms with E-state index in [9.17, 15) is 5.11 Å². The highest BCUT2D eigenvalue weighted by Crippen LogP contribution is 2.64. The number of aliphatic hydroxyl groups is 1. The lowest BCUT2D eigenvalue weighted by Gasteiger charge is -2.29. The summed E-state index contributed by atoms with van der Waals surface area (Å²) in [4.78, 5) is 2.45. The zero-order valence-electron chi connectivity index (χ0n) is 10.6. The number of piperidine rings is 1. The predicted octanol–water partition coefficient (Wildman–Crippen LogP) is 2.14. The second-order valence-corrected chi connectivity index (χ2v) is 6.12. The van der Waals surface area contributed by atoms with E-state index in [0.29, 0.717) is 24.0 Å². The van der Waals surface area contributed by atoms with Crippen LogP contribution >= 0.6 is 0 Å². The van der Waals surface area contributed by atoms with Crippen LogP contribution in [0.2, 0.25) is 0 Å². The molecule has 17 heavy (non-hydrogen) atoms. The molecule has 1 heterocycles. The molecule has 1 N–H and O–H groups in total. The molecule has 1 saturated carbocycles. The van der Waals surface area contributed by atoms with Gasteiger partial charge in [-0.3, -0.25) is 4.90 Å². The summed E-state index contributed by atoms with van der Waals surface area (Å²) in [6, 6.07) is 10.9. The van der Waals surface area contributed by atoms with Gasteiger partial charge in [-0.05, 0) is 22.8 Å². The second kappa shape index (κ2) is 3.82. The SMILES string of the molecule is CC1(C)C2CN(Cc3ccccc3)[C@H](CO)[C@H]21. The van der Waals surface area contributed by atoms with Crippen LogP contribution in [0.15, 0.2) is 30.3 Å². The van der Waals surface area contributed by atoms with Gasteiger partial charge in [-0.15, -0.1) is 0 Å². The van der Waals surface area contributed by atoms with Crippen molar-refractivity contribution in [3.05, 3.63) is 35.9 Å². The molecule has 3 atom stereocenters. The van der Waals surface area contributed by atoms with E-state index in [2.05, 4.69) is 49.1 Å². The van der Waals surface area contributed by atoms with Gasteiger partial charge in [-0.1, -0.05) is 44.2 Å². The lowest BCUT2D eigenvalue weighted by Crippen LogP contribution is -2.38. The Morgan fingerprint density at radius 2 is 2.00 bits per heavy atom. The molecule has 1 unspecified atom stereocenters. The molecule has 1 aromatic carbocycles. The topological polar surface area (TPSA) is 23.5 Å². The van der Waals surface area contributed by atoms with Crippen molar-refractivity contribution in [2.45, 2.75) is 26.4 Å². The monoisotopic (exact) mass is 231 g/mol. The highest BCUT2D eigenvalue weighted by molar-refractivity contribution is 5.19. The molecule has 0 spiro atoms. The van der Waals surface area contributed by atoms with Crippen LogP contribution in [0.3, 0.4) is 0 Å². The van der Waals surface area contributed by atoms with Gasteiger partial charge in [-0.25, -0.2) is 0 Å². The quantitative estimate of drug-likeness (QED) is 0.861. The minimum absolute atomic E-state index is 0.303. The van der Waals surface area contributed by atoms with Gasteiger partial charge < -0.3 is 5.11 Å². The Balaban J connectivity index is 1.71. The molecule has 2 heteroatoms. The van der Waals surface area contributed by atoms with E-state index in [-0.39, 0.29) is 0 Å². The van der Waals surface area contributed by atoms with E-state index in [1.807, 2.05) is 0 Å². The number of aliphatic hydroxyl groups excluding tert-OH is 1. The zero-order valence-corrected chi connectivity index (χ0v) is 10.6. The van der Waals surface area contributed by atoms with Crippen LogP contribution in [0.5, 0.6) is 0 Å². The van der Waals surface area contributed by atoms with Crippen LogP contribution in [0.1, 0.15) is 19.4 Å². The summed E-state index contributed by atoms with van der Waals surface area (Å²) in [7, 11) is 0. The fraction of sp³-hybridized carbons (Fsp3) is 0.600. The Morgan fingerprint density at radius 1 is 1.29 bits per heavy atom. The van der Waals surface area contributed by atoms with Crippen LogP contribution in [0.25, 0.3) is 0 Å². The van der Waals surface area contributed by atoms with Crippen molar-refractivity contribution >= 4 is 0 Å². The minimum atomic E-state index is 0.303. The summed E-state index contributed by atoms with van der Waals surface area (Å²) in [6.45, 7) is 7.11. The molecule has 2 fully saturated rings. The third-order valence-corrected chi connectivity index (χ3v) is 4.87. The van der Waals surface area contributed by atoms with Crippen LogP contribution in [-0.2, 0) is 6.54 Å². The molecule has 92 valence electrons. The van der Waals surface area contributed by atoms with Gasteiger partial charge in [0.05, 0.1) is 6.61 Å². The third kappa shape index (κ3) is 1.71. The average molecular weight is 231 g/mol. The summed E-state index contributed by atoms with van der Waals surface area (Å²) in [6.07, 6.45) is 0. The van der Waals surface area contributed by atoms with Crippen LogP contribution in [0, 0.1) is 17.3 Å². The van der Waals surface area contributed by atoms with Gasteiger partial charge in [0.2, 0.25) is 0 Å². The average Bonchev–Trinajstić information content (AvgIpc) is 2.72. The van der Waals surface area contributed by atoms with E-state index in [1.54, 1.807) is 0 Å². The van der Waals surface area contributed by atoms with Crippen LogP contribution in [0.4, 0.5) is 0 Å². The van der Waals surface area contributed by atoms with Crippen molar-refractivity contribution in [3.8, 4) is 0 Å². The van der Waals surface area contributed by atoms with E-state index in [4.69, 9.17) is 0 Å². The summed E-state index contributed by atoms with van der Waals surface area (Å²) >= 11 is 0. The van der Waals surface area contributed by atoms with Gasteiger partial charge in [0.1, 0.15) is 0 Å². The van der Waals surface area contributed by atoms with E-state index >= 15 is 0 Å². The number of hydrogen-bond acceptors (Lipinski definition) is 2. The summed E-state index contributed by atoms with van der Waals surface area (Å²) < 4.78 is 0. The molecule has 1 aliphatic carbocycles.